The Labute approximate surface area is 147 Å². The summed E-state index contributed by atoms with van der Waals surface area (Å²) in [6.45, 7) is 4.99. The molecular weight excluding hydrogens is 328 g/mol. The second-order valence-electron chi connectivity index (χ2n) is 5.81. The lowest BCUT2D eigenvalue weighted by molar-refractivity contribution is 0.0696. The Bertz CT molecular complexity index is 681. The molecule has 0 bridgehead atoms. The first kappa shape index (κ1) is 18.3. The molecule has 2 N–H and O–H groups in total. The van der Waals surface area contributed by atoms with Crippen molar-refractivity contribution in [1.82, 2.24) is 10.2 Å². The van der Waals surface area contributed by atoms with Crippen LogP contribution in [0, 0.1) is 5.92 Å². The minimum absolute atomic E-state index is 0.205. The zero-order valence-corrected chi connectivity index (χ0v) is 14.8. The minimum Gasteiger partial charge on any atom is -0.493 e. The predicted molar refractivity (Wildman–Crippen MR) is 94.0 cm³/mol. The molecule has 2 aromatic rings. The molecule has 0 saturated heterocycles. The monoisotopic (exact) mass is 350 g/mol. The number of aryl methyl sites for hydroxylation is 2. The number of benzene rings is 1. The molecule has 0 aliphatic heterocycles. The van der Waals surface area contributed by atoms with Crippen LogP contribution in [0.2, 0.25) is 5.02 Å². The number of aromatic amines is 1. The molecule has 2 rings (SSSR count). The number of hydrogen-bond donors (Lipinski definition) is 2. The fourth-order valence-electron chi connectivity index (χ4n) is 2.56. The van der Waals surface area contributed by atoms with Gasteiger partial charge in [-0.25, -0.2) is 4.79 Å². The highest BCUT2D eigenvalue weighted by atomic mass is 35.5. The summed E-state index contributed by atoms with van der Waals surface area (Å²) in [6, 6.07) is 5.57. The van der Waals surface area contributed by atoms with Crippen molar-refractivity contribution in [2.45, 2.75) is 39.5 Å². The highest BCUT2D eigenvalue weighted by Crippen LogP contribution is 2.26. The molecule has 0 fully saturated rings. The first-order valence-electron chi connectivity index (χ1n) is 8.21. The fraction of sp³-hybridized carbons (Fsp3) is 0.444. The molecule has 130 valence electrons. The molecule has 0 atom stereocenters. The van der Waals surface area contributed by atoms with Crippen molar-refractivity contribution in [3.05, 3.63) is 46.2 Å². The number of rotatable bonds is 9. The van der Waals surface area contributed by atoms with E-state index in [4.69, 9.17) is 21.4 Å². The second-order valence-corrected chi connectivity index (χ2v) is 6.25. The number of hydrogen-bond acceptors (Lipinski definition) is 3. The Morgan fingerprint density at radius 3 is 2.75 bits per heavy atom. The summed E-state index contributed by atoms with van der Waals surface area (Å²) in [6.07, 6.45) is 4.65. The van der Waals surface area contributed by atoms with E-state index in [-0.39, 0.29) is 5.56 Å². The van der Waals surface area contributed by atoms with Crippen molar-refractivity contribution in [2.24, 2.45) is 5.92 Å². The lowest BCUT2D eigenvalue weighted by Crippen LogP contribution is -2.11. The van der Waals surface area contributed by atoms with Gasteiger partial charge in [-0.2, -0.15) is 5.10 Å². The fourth-order valence-corrected chi connectivity index (χ4v) is 2.76. The number of H-pyrrole nitrogens is 1. The molecule has 0 spiro atoms. The number of carboxylic acids is 1. The van der Waals surface area contributed by atoms with Crippen LogP contribution in [0.3, 0.4) is 0 Å². The molecule has 0 radical (unpaired) electrons. The number of carboxylic acid groups (broad SMARTS) is 1. The Balaban J connectivity index is 2.09. The summed E-state index contributed by atoms with van der Waals surface area (Å²) < 4.78 is 5.98. The average Bonchev–Trinajstić information content (AvgIpc) is 3.04. The molecule has 1 aromatic carbocycles. The molecule has 0 unspecified atom stereocenters. The van der Waals surface area contributed by atoms with Crippen molar-refractivity contribution in [3.63, 3.8) is 0 Å². The first-order chi connectivity index (χ1) is 11.5. The van der Waals surface area contributed by atoms with Gasteiger partial charge in [0, 0.05) is 5.02 Å². The van der Waals surface area contributed by atoms with Gasteiger partial charge >= 0.3 is 5.97 Å². The number of aromatic nitrogens is 2. The number of nitrogens with zero attached hydrogens (tertiary/aromatic N) is 1. The number of ether oxygens (including phenoxy) is 1. The standard InChI is InChI=1S/C18H23ClN2O3/c1-3-12(4-2)11-24-17-8-6-14(19)9-13(17)5-7-16-15(18(22)23)10-20-21-16/h6,8-10,12H,3-5,7,11H2,1-2H3,(H,20,21)(H,22,23). The lowest BCUT2D eigenvalue weighted by Gasteiger charge is -2.16. The average molecular weight is 351 g/mol. The summed E-state index contributed by atoms with van der Waals surface area (Å²) in [5.74, 6) is 0.359. The second kappa shape index (κ2) is 8.73. The summed E-state index contributed by atoms with van der Waals surface area (Å²) in [4.78, 5) is 11.2. The van der Waals surface area contributed by atoms with E-state index < -0.39 is 5.97 Å². The Kier molecular flexibility index (Phi) is 6.67. The molecule has 1 aromatic heterocycles. The molecule has 1 heterocycles. The van der Waals surface area contributed by atoms with Gasteiger partial charge in [0.05, 0.1) is 18.5 Å². The zero-order chi connectivity index (χ0) is 17.5. The van der Waals surface area contributed by atoms with Crippen molar-refractivity contribution in [2.75, 3.05) is 6.61 Å². The van der Waals surface area contributed by atoms with Crippen LogP contribution in [-0.4, -0.2) is 27.9 Å². The number of carbonyl (C=O) groups is 1. The molecule has 6 heteroatoms. The third-order valence-electron chi connectivity index (χ3n) is 4.24. The normalized spacial score (nSPS) is 11.0. The van der Waals surface area contributed by atoms with Crippen molar-refractivity contribution in [3.8, 4) is 5.75 Å². The maximum Gasteiger partial charge on any atom is 0.339 e. The molecule has 0 aliphatic carbocycles. The van der Waals surface area contributed by atoms with E-state index in [9.17, 15) is 4.79 Å². The Morgan fingerprint density at radius 1 is 1.33 bits per heavy atom. The maximum atomic E-state index is 11.2. The van der Waals surface area contributed by atoms with Crippen molar-refractivity contribution in [1.29, 1.82) is 0 Å². The van der Waals surface area contributed by atoms with Gasteiger partial charge < -0.3 is 9.84 Å². The SMILES string of the molecule is CCC(CC)COc1ccc(Cl)cc1CCc1[nH]ncc1C(=O)O. The van der Waals surface area contributed by atoms with E-state index in [0.29, 0.717) is 36.1 Å². The van der Waals surface area contributed by atoms with Crippen LogP contribution < -0.4 is 4.74 Å². The van der Waals surface area contributed by atoms with E-state index in [1.807, 2.05) is 18.2 Å². The van der Waals surface area contributed by atoms with E-state index >= 15 is 0 Å². The van der Waals surface area contributed by atoms with Crippen LogP contribution in [0.1, 0.15) is 48.3 Å². The predicted octanol–water partition coefficient (Wildman–Crippen LogP) is 4.36. The lowest BCUT2D eigenvalue weighted by atomic mass is 10.0. The number of halogens is 1. The summed E-state index contributed by atoms with van der Waals surface area (Å²) >= 11 is 6.11. The molecular formula is C18H23ClN2O3. The van der Waals surface area contributed by atoms with Crippen LogP contribution in [0.5, 0.6) is 5.75 Å². The molecule has 24 heavy (non-hydrogen) atoms. The summed E-state index contributed by atoms with van der Waals surface area (Å²) in [7, 11) is 0. The van der Waals surface area contributed by atoms with Gasteiger partial charge in [-0.3, -0.25) is 5.10 Å². The molecule has 0 aliphatic rings. The van der Waals surface area contributed by atoms with E-state index in [1.165, 1.54) is 6.20 Å². The van der Waals surface area contributed by atoms with Crippen LogP contribution in [0.15, 0.2) is 24.4 Å². The molecule has 0 amide bonds. The minimum atomic E-state index is -0.977. The van der Waals surface area contributed by atoms with E-state index in [1.54, 1.807) is 0 Å². The van der Waals surface area contributed by atoms with Gasteiger partial charge in [0.2, 0.25) is 0 Å². The Morgan fingerprint density at radius 2 is 2.08 bits per heavy atom. The third kappa shape index (κ3) is 4.74. The van der Waals surface area contributed by atoms with Crippen LogP contribution in [-0.2, 0) is 12.8 Å². The van der Waals surface area contributed by atoms with Crippen LogP contribution >= 0.6 is 11.6 Å². The quantitative estimate of drug-likeness (QED) is 0.704. The van der Waals surface area contributed by atoms with Crippen LogP contribution in [0.25, 0.3) is 0 Å². The number of aromatic carboxylic acids is 1. The first-order valence-corrected chi connectivity index (χ1v) is 8.59. The van der Waals surface area contributed by atoms with Crippen molar-refractivity contribution < 1.29 is 14.6 Å². The van der Waals surface area contributed by atoms with Gasteiger partial charge in [0.1, 0.15) is 11.3 Å². The summed E-state index contributed by atoms with van der Waals surface area (Å²) in [5.41, 5.74) is 1.78. The Hall–Kier alpha value is -2.01. The van der Waals surface area contributed by atoms with Crippen LogP contribution in [0.4, 0.5) is 0 Å². The smallest absolute Gasteiger partial charge is 0.339 e. The van der Waals surface area contributed by atoms with Gasteiger partial charge in [-0.1, -0.05) is 38.3 Å². The third-order valence-corrected chi connectivity index (χ3v) is 4.48. The number of nitrogens with one attached hydrogen (secondary N) is 1. The van der Waals surface area contributed by atoms with Gasteiger partial charge in [-0.05, 0) is 42.5 Å². The van der Waals surface area contributed by atoms with Gasteiger partial charge in [0.15, 0.2) is 0 Å². The van der Waals surface area contributed by atoms with Crippen molar-refractivity contribution >= 4 is 17.6 Å². The molecule has 5 nitrogen and oxygen atoms in total. The van der Waals surface area contributed by atoms with Gasteiger partial charge in [-0.15, -0.1) is 0 Å². The summed E-state index contributed by atoms with van der Waals surface area (Å²) in [5, 5.41) is 16.4. The highest BCUT2D eigenvalue weighted by molar-refractivity contribution is 6.30. The van der Waals surface area contributed by atoms with E-state index in [0.717, 1.165) is 24.2 Å². The topological polar surface area (TPSA) is 75.2 Å². The molecule has 0 saturated carbocycles. The zero-order valence-electron chi connectivity index (χ0n) is 14.0. The maximum absolute atomic E-state index is 11.2. The largest absolute Gasteiger partial charge is 0.493 e. The van der Waals surface area contributed by atoms with Gasteiger partial charge in [0.25, 0.3) is 0 Å². The van der Waals surface area contributed by atoms with E-state index in [2.05, 4.69) is 24.0 Å². The highest BCUT2D eigenvalue weighted by Gasteiger charge is 2.14.